The Morgan fingerprint density at radius 3 is 2.73 bits per heavy atom. The van der Waals surface area contributed by atoms with E-state index >= 15 is 0 Å². The topological polar surface area (TPSA) is 3.24 Å². The highest BCUT2D eigenvalue weighted by Crippen LogP contribution is 2.34. The van der Waals surface area contributed by atoms with Gasteiger partial charge in [0.05, 0.1) is 0 Å². The van der Waals surface area contributed by atoms with E-state index in [2.05, 4.69) is 50.9 Å². The van der Waals surface area contributed by atoms with Gasteiger partial charge in [-0.2, -0.15) is 0 Å². The molecule has 1 aromatic rings. The fraction of sp³-hybridized carbons (Fsp3) is 0.571. The van der Waals surface area contributed by atoms with Gasteiger partial charge in [-0.25, -0.2) is 0 Å². The molecule has 15 heavy (non-hydrogen) atoms. The molecule has 0 radical (unpaired) electrons. The highest BCUT2D eigenvalue weighted by molar-refractivity contribution is 5.38. The second-order valence-corrected chi connectivity index (χ2v) is 5.08. The van der Waals surface area contributed by atoms with Gasteiger partial charge < -0.3 is 0 Å². The molecule has 0 atom stereocenters. The Bertz CT molecular complexity index is 366. The molecular weight excluding hydrogens is 182 g/mol. The van der Waals surface area contributed by atoms with Crippen LogP contribution in [0, 0.1) is 0 Å². The van der Waals surface area contributed by atoms with Crippen LogP contribution in [0.2, 0.25) is 0 Å². The van der Waals surface area contributed by atoms with Gasteiger partial charge in [0.15, 0.2) is 0 Å². The van der Waals surface area contributed by atoms with Crippen molar-refractivity contribution in [2.24, 2.45) is 0 Å². The van der Waals surface area contributed by atoms with E-state index in [9.17, 15) is 0 Å². The first kappa shape index (κ1) is 10.7. The van der Waals surface area contributed by atoms with E-state index in [4.69, 9.17) is 0 Å². The molecule has 0 aliphatic carbocycles. The van der Waals surface area contributed by atoms with Crippen LogP contribution in [0.4, 0.5) is 0 Å². The highest BCUT2D eigenvalue weighted by atomic mass is 15.2. The summed E-state index contributed by atoms with van der Waals surface area (Å²) in [6.45, 7) is 8.03. The molecular formula is C14H21N. The van der Waals surface area contributed by atoms with Crippen molar-refractivity contribution < 1.29 is 0 Å². The van der Waals surface area contributed by atoms with Crippen molar-refractivity contribution >= 4 is 0 Å². The summed E-state index contributed by atoms with van der Waals surface area (Å²) >= 11 is 0. The third kappa shape index (κ3) is 1.69. The molecule has 0 N–H and O–H groups in total. The Balaban J connectivity index is 2.48. The monoisotopic (exact) mass is 203 g/mol. The molecule has 1 heteroatoms. The van der Waals surface area contributed by atoms with Gasteiger partial charge in [0.25, 0.3) is 0 Å². The lowest BCUT2D eigenvalue weighted by molar-refractivity contribution is 0.143. The van der Waals surface area contributed by atoms with Crippen LogP contribution >= 0.6 is 0 Å². The van der Waals surface area contributed by atoms with Crippen LogP contribution in [0.3, 0.4) is 0 Å². The minimum Gasteiger partial charge on any atom is -0.297 e. The van der Waals surface area contributed by atoms with Gasteiger partial charge in [-0.3, -0.25) is 4.90 Å². The molecule has 2 rings (SSSR count). The lowest BCUT2D eigenvalue weighted by atomic mass is 9.83. The van der Waals surface area contributed by atoms with Gasteiger partial charge in [0, 0.05) is 12.1 Å². The third-order valence-corrected chi connectivity index (χ3v) is 3.91. The smallest absolute Gasteiger partial charge is 0.0404 e. The zero-order chi connectivity index (χ0) is 11.1. The molecule has 1 aliphatic rings. The number of hydrogen-bond acceptors (Lipinski definition) is 1. The molecule has 1 nitrogen and oxygen atoms in total. The maximum atomic E-state index is 2.45. The first-order valence-electron chi connectivity index (χ1n) is 5.89. The molecule has 1 aromatic carbocycles. The van der Waals surface area contributed by atoms with E-state index < -0.39 is 0 Å². The van der Waals surface area contributed by atoms with Crippen molar-refractivity contribution in [1.29, 1.82) is 0 Å². The Morgan fingerprint density at radius 2 is 2.07 bits per heavy atom. The maximum absolute atomic E-state index is 2.45. The Labute approximate surface area is 93.1 Å². The van der Waals surface area contributed by atoms with Crippen molar-refractivity contribution in [2.75, 3.05) is 13.6 Å². The van der Waals surface area contributed by atoms with Crippen LogP contribution < -0.4 is 0 Å². The van der Waals surface area contributed by atoms with Crippen molar-refractivity contribution in [3.8, 4) is 0 Å². The molecule has 0 bridgehead atoms. The van der Waals surface area contributed by atoms with Gasteiger partial charge in [-0.15, -0.1) is 0 Å². The number of aryl methyl sites for hydroxylation is 1. The molecule has 0 amide bonds. The van der Waals surface area contributed by atoms with Crippen LogP contribution in [0.5, 0.6) is 0 Å². The van der Waals surface area contributed by atoms with Crippen molar-refractivity contribution in [3.63, 3.8) is 0 Å². The number of benzene rings is 1. The third-order valence-electron chi connectivity index (χ3n) is 3.91. The Hall–Kier alpha value is -0.820. The number of rotatable bonds is 1. The number of fused-ring (bicyclic) bond motifs is 1. The normalized spacial score (nSPS) is 20.0. The average molecular weight is 203 g/mol. The van der Waals surface area contributed by atoms with Crippen molar-refractivity contribution in [3.05, 3.63) is 34.9 Å². The van der Waals surface area contributed by atoms with E-state index in [0.717, 1.165) is 6.42 Å². The maximum Gasteiger partial charge on any atom is 0.0404 e. The standard InChI is InChI=1S/C14H21N/c1-5-11-6-7-13-12(10-11)8-9-15(4)14(13,2)3/h6-7,10H,5,8-9H2,1-4H3. The van der Waals surface area contributed by atoms with E-state index in [-0.39, 0.29) is 5.54 Å². The van der Waals surface area contributed by atoms with Crippen LogP contribution in [0.15, 0.2) is 18.2 Å². The fourth-order valence-corrected chi connectivity index (χ4v) is 2.44. The fourth-order valence-electron chi connectivity index (χ4n) is 2.44. The Kier molecular flexibility index (Phi) is 2.59. The molecule has 0 saturated carbocycles. The highest BCUT2D eigenvalue weighted by Gasteiger charge is 2.31. The van der Waals surface area contributed by atoms with Gasteiger partial charge in [0.2, 0.25) is 0 Å². The van der Waals surface area contributed by atoms with Gasteiger partial charge in [-0.05, 0) is 50.4 Å². The van der Waals surface area contributed by atoms with E-state index in [1.54, 1.807) is 5.56 Å². The Morgan fingerprint density at radius 1 is 1.33 bits per heavy atom. The van der Waals surface area contributed by atoms with Crippen molar-refractivity contribution in [1.82, 2.24) is 4.90 Å². The zero-order valence-electron chi connectivity index (χ0n) is 10.3. The largest absolute Gasteiger partial charge is 0.297 e. The summed E-state index contributed by atoms with van der Waals surface area (Å²) in [6.07, 6.45) is 2.34. The summed E-state index contributed by atoms with van der Waals surface area (Å²) in [5.74, 6) is 0. The molecule has 82 valence electrons. The minimum atomic E-state index is 0.194. The number of likely N-dealkylation sites (N-methyl/N-ethyl adjacent to an activating group) is 1. The lowest BCUT2D eigenvalue weighted by Gasteiger charge is -2.41. The van der Waals surface area contributed by atoms with Crippen LogP contribution in [0.25, 0.3) is 0 Å². The molecule has 0 spiro atoms. The SMILES string of the molecule is CCc1ccc2c(c1)CCN(C)C2(C)C. The molecule has 0 aromatic heterocycles. The van der Waals surface area contributed by atoms with Gasteiger partial charge >= 0.3 is 0 Å². The van der Waals surface area contributed by atoms with Gasteiger partial charge in [0.1, 0.15) is 0 Å². The summed E-state index contributed by atoms with van der Waals surface area (Å²) in [5.41, 5.74) is 4.72. The van der Waals surface area contributed by atoms with Crippen LogP contribution in [-0.4, -0.2) is 18.5 Å². The molecule has 0 fully saturated rings. The summed E-state index contributed by atoms with van der Waals surface area (Å²) < 4.78 is 0. The average Bonchev–Trinajstić information content (AvgIpc) is 2.23. The second kappa shape index (κ2) is 3.64. The predicted molar refractivity (Wildman–Crippen MR) is 65.2 cm³/mol. The van der Waals surface area contributed by atoms with Crippen LogP contribution in [0.1, 0.15) is 37.5 Å². The first-order chi connectivity index (χ1) is 7.05. The molecule has 0 saturated heterocycles. The minimum absolute atomic E-state index is 0.194. The van der Waals surface area contributed by atoms with Gasteiger partial charge in [-0.1, -0.05) is 25.1 Å². The molecule has 1 aliphatic heterocycles. The summed E-state index contributed by atoms with van der Waals surface area (Å²) in [5, 5.41) is 0. The van der Waals surface area contributed by atoms with E-state index in [0.29, 0.717) is 0 Å². The van der Waals surface area contributed by atoms with Crippen molar-refractivity contribution in [2.45, 2.75) is 39.2 Å². The number of hydrogen-bond donors (Lipinski definition) is 0. The summed E-state index contributed by atoms with van der Waals surface area (Å²) in [7, 11) is 2.22. The lowest BCUT2D eigenvalue weighted by Crippen LogP contribution is -2.43. The summed E-state index contributed by atoms with van der Waals surface area (Å²) in [6, 6.07) is 6.99. The zero-order valence-corrected chi connectivity index (χ0v) is 10.3. The summed E-state index contributed by atoms with van der Waals surface area (Å²) in [4.78, 5) is 2.45. The predicted octanol–water partition coefficient (Wildman–Crippen LogP) is 2.97. The number of nitrogens with zero attached hydrogens (tertiary/aromatic N) is 1. The van der Waals surface area contributed by atoms with E-state index in [1.165, 1.54) is 24.1 Å². The second-order valence-electron chi connectivity index (χ2n) is 5.08. The molecule has 1 heterocycles. The van der Waals surface area contributed by atoms with Crippen LogP contribution in [-0.2, 0) is 18.4 Å². The molecule has 0 unspecified atom stereocenters. The quantitative estimate of drug-likeness (QED) is 0.678. The first-order valence-corrected chi connectivity index (χ1v) is 5.89. The van der Waals surface area contributed by atoms with E-state index in [1.807, 2.05) is 0 Å².